The molecule has 134 valence electrons. The van der Waals surface area contributed by atoms with Crippen LogP contribution in [0.3, 0.4) is 0 Å². The first-order valence-corrected chi connectivity index (χ1v) is 10.6. The van der Waals surface area contributed by atoms with Gasteiger partial charge in [-0.15, -0.1) is 0 Å². The summed E-state index contributed by atoms with van der Waals surface area (Å²) in [6.45, 7) is 8.25. The van der Waals surface area contributed by atoms with Crippen LogP contribution in [0.1, 0.15) is 33.1 Å². The van der Waals surface area contributed by atoms with Crippen LogP contribution in [0.25, 0.3) is 0 Å². The number of rotatable bonds is 7. The largest absolute Gasteiger partial charge is 0.379 e. The molecular weight excluding hydrogens is 316 g/mol. The van der Waals surface area contributed by atoms with E-state index in [1.165, 1.54) is 0 Å². The number of ether oxygens (including phenoxy) is 1. The van der Waals surface area contributed by atoms with Gasteiger partial charge < -0.3 is 10.1 Å². The highest BCUT2D eigenvalue weighted by atomic mass is 32.2. The number of hydrogen-bond acceptors (Lipinski definition) is 5. The van der Waals surface area contributed by atoms with E-state index in [4.69, 9.17) is 4.74 Å². The highest BCUT2D eigenvalue weighted by molar-refractivity contribution is 7.91. The number of amides is 1. The summed E-state index contributed by atoms with van der Waals surface area (Å²) in [5, 5.41) is 3.02. The fraction of sp³-hybridized carbons (Fsp3) is 0.938. The zero-order valence-corrected chi connectivity index (χ0v) is 15.1. The molecule has 23 heavy (non-hydrogen) atoms. The fourth-order valence-electron chi connectivity index (χ4n) is 3.69. The molecule has 0 aromatic heterocycles. The Labute approximate surface area is 139 Å². The van der Waals surface area contributed by atoms with Gasteiger partial charge in [0.05, 0.1) is 30.6 Å². The Morgan fingerprint density at radius 1 is 1.26 bits per heavy atom. The van der Waals surface area contributed by atoms with Gasteiger partial charge in [-0.1, -0.05) is 26.7 Å². The number of nitrogens with zero attached hydrogens (tertiary/aromatic N) is 1. The van der Waals surface area contributed by atoms with Crippen LogP contribution in [0, 0.1) is 11.8 Å². The van der Waals surface area contributed by atoms with Gasteiger partial charge in [0, 0.05) is 25.7 Å². The highest BCUT2D eigenvalue weighted by Crippen LogP contribution is 2.21. The maximum Gasteiger partial charge on any atom is 0.224 e. The lowest BCUT2D eigenvalue weighted by Crippen LogP contribution is -2.52. The first-order valence-electron chi connectivity index (χ1n) is 8.76. The molecule has 0 radical (unpaired) electrons. The van der Waals surface area contributed by atoms with Crippen LogP contribution in [0.4, 0.5) is 0 Å². The third-order valence-electron chi connectivity index (χ3n) is 5.20. The number of carbonyl (C=O) groups excluding carboxylic acids is 1. The van der Waals surface area contributed by atoms with Gasteiger partial charge in [0.1, 0.15) is 0 Å². The topological polar surface area (TPSA) is 75.7 Å². The van der Waals surface area contributed by atoms with E-state index < -0.39 is 9.84 Å². The van der Waals surface area contributed by atoms with Crippen LogP contribution in [0.2, 0.25) is 0 Å². The van der Waals surface area contributed by atoms with Crippen molar-refractivity contribution in [2.24, 2.45) is 11.8 Å². The number of sulfone groups is 1. The lowest BCUT2D eigenvalue weighted by molar-refractivity contribution is -0.124. The van der Waals surface area contributed by atoms with Crippen LogP contribution < -0.4 is 5.32 Å². The zero-order valence-electron chi connectivity index (χ0n) is 14.3. The van der Waals surface area contributed by atoms with Gasteiger partial charge in [-0.25, -0.2) is 8.42 Å². The summed E-state index contributed by atoms with van der Waals surface area (Å²) in [5.74, 6) is 0.208. The Morgan fingerprint density at radius 3 is 2.43 bits per heavy atom. The maximum absolute atomic E-state index is 12.3. The molecule has 6 nitrogen and oxygen atoms in total. The first-order chi connectivity index (χ1) is 11.0. The molecule has 2 unspecified atom stereocenters. The number of morpholine rings is 1. The minimum absolute atomic E-state index is 0.00599. The lowest BCUT2D eigenvalue weighted by Gasteiger charge is -2.39. The Hall–Kier alpha value is -0.660. The Kier molecular flexibility index (Phi) is 6.85. The molecule has 2 rings (SSSR count). The fourth-order valence-corrected chi connectivity index (χ4v) is 5.43. The SMILES string of the molecule is CCC(CC)C(CNC(=O)C1CCS(=O)(=O)C1)N1CCOCC1. The summed E-state index contributed by atoms with van der Waals surface area (Å²) in [4.78, 5) is 14.7. The van der Waals surface area contributed by atoms with Gasteiger partial charge in [-0.05, 0) is 12.3 Å². The summed E-state index contributed by atoms with van der Waals surface area (Å²) >= 11 is 0. The number of carbonyl (C=O) groups is 1. The van der Waals surface area contributed by atoms with Crippen molar-refractivity contribution in [3.63, 3.8) is 0 Å². The van der Waals surface area contributed by atoms with Gasteiger partial charge in [-0.2, -0.15) is 0 Å². The first kappa shape index (κ1) is 18.7. The second-order valence-corrected chi connectivity index (χ2v) is 8.87. The van der Waals surface area contributed by atoms with E-state index in [0.29, 0.717) is 24.9 Å². The van der Waals surface area contributed by atoms with E-state index in [-0.39, 0.29) is 23.3 Å². The van der Waals surface area contributed by atoms with E-state index in [1.807, 2.05) is 0 Å². The minimum atomic E-state index is -3.01. The van der Waals surface area contributed by atoms with Gasteiger partial charge in [0.25, 0.3) is 0 Å². The molecule has 0 spiro atoms. The predicted octanol–water partition coefficient (Wildman–Crippen LogP) is 0.674. The standard InChI is InChI=1S/C16H30N2O4S/c1-3-13(4-2)15(18-6-8-22-9-7-18)11-17-16(19)14-5-10-23(20,21)12-14/h13-15H,3-12H2,1-2H3,(H,17,19). The molecule has 2 aliphatic heterocycles. The third-order valence-corrected chi connectivity index (χ3v) is 6.96. The van der Waals surface area contributed by atoms with E-state index in [2.05, 4.69) is 24.1 Å². The van der Waals surface area contributed by atoms with Crippen molar-refractivity contribution in [1.29, 1.82) is 0 Å². The van der Waals surface area contributed by atoms with Crippen molar-refractivity contribution in [1.82, 2.24) is 10.2 Å². The Bertz CT molecular complexity index is 484. The molecule has 0 saturated carbocycles. The monoisotopic (exact) mass is 346 g/mol. The molecule has 2 aliphatic rings. The number of hydrogen-bond donors (Lipinski definition) is 1. The van der Waals surface area contributed by atoms with Crippen molar-refractivity contribution < 1.29 is 17.9 Å². The summed E-state index contributed by atoms with van der Waals surface area (Å²) < 4.78 is 28.5. The number of nitrogens with one attached hydrogen (secondary N) is 1. The summed E-state index contributed by atoms with van der Waals surface area (Å²) in [5.41, 5.74) is 0. The van der Waals surface area contributed by atoms with E-state index >= 15 is 0 Å². The lowest BCUT2D eigenvalue weighted by atomic mass is 9.92. The Balaban J connectivity index is 1.93. The third kappa shape index (κ3) is 5.16. The molecule has 0 aromatic carbocycles. The van der Waals surface area contributed by atoms with Crippen LogP contribution in [0.15, 0.2) is 0 Å². The molecule has 1 amide bonds. The van der Waals surface area contributed by atoms with Crippen molar-refractivity contribution in [3.8, 4) is 0 Å². The van der Waals surface area contributed by atoms with E-state index in [9.17, 15) is 13.2 Å². The maximum atomic E-state index is 12.3. The van der Waals surface area contributed by atoms with Crippen molar-refractivity contribution in [2.45, 2.75) is 39.2 Å². The van der Waals surface area contributed by atoms with Crippen LogP contribution >= 0.6 is 0 Å². The van der Waals surface area contributed by atoms with Crippen molar-refractivity contribution in [3.05, 3.63) is 0 Å². The molecule has 0 bridgehead atoms. The molecule has 2 heterocycles. The van der Waals surface area contributed by atoms with Crippen molar-refractivity contribution in [2.75, 3.05) is 44.4 Å². The zero-order chi connectivity index (χ0) is 16.9. The summed E-state index contributed by atoms with van der Waals surface area (Å²) in [6.07, 6.45) is 2.61. The predicted molar refractivity (Wildman–Crippen MR) is 90.0 cm³/mol. The normalized spacial score (nSPS) is 26.3. The van der Waals surface area contributed by atoms with E-state index in [1.54, 1.807) is 0 Å². The summed E-state index contributed by atoms with van der Waals surface area (Å²) in [6, 6.07) is 0.302. The molecule has 2 saturated heterocycles. The van der Waals surface area contributed by atoms with Gasteiger partial charge in [0.2, 0.25) is 5.91 Å². The molecule has 2 fully saturated rings. The van der Waals surface area contributed by atoms with Crippen LogP contribution in [-0.2, 0) is 19.4 Å². The quantitative estimate of drug-likeness (QED) is 0.733. The average Bonchev–Trinajstić information content (AvgIpc) is 2.92. The van der Waals surface area contributed by atoms with Gasteiger partial charge in [0.15, 0.2) is 9.84 Å². The molecule has 7 heteroatoms. The molecule has 2 atom stereocenters. The minimum Gasteiger partial charge on any atom is -0.379 e. The van der Waals surface area contributed by atoms with Gasteiger partial charge in [-0.3, -0.25) is 9.69 Å². The van der Waals surface area contributed by atoms with E-state index in [0.717, 1.165) is 39.1 Å². The van der Waals surface area contributed by atoms with Crippen LogP contribution in [-0.4, -0.2) is 69.6 Å². The molecule has 1 N–H and O–H groups in total. The average molecular weight is 346 g/mol. The second-order valence-electron chi connectivity index (χ2n) is 6.64. The smallest absolute Gasteiger partial charge is 0.224 e. The Morgan fingerprint density at radius 2 is 1.91 bits per heavy atom. The molecule has 0 aromatic rings. The van der Waals surface area contributed by atoms with Crippen molar-refractivity contribution >= 4 is 15.7 Å². The van der Waals surface area contributed by atoms with Crippen LogP contribution in [0.5, 0.6) is 0 Å². The summed E-state index contributed by atoms with van der Waals surface area (Å²) in [7, 11) is -3.01. The second kappa shape index (κ2) is 8.44. The highest BCUT2D eigenvalue weighted by Gasteiger charge is 2.34. The molecule has 0 aliphatic carbocycles. The van der Waals surface area contributed by atoms with Gasteiger partial charge >= 0.3 is 0 Å². The molecular formula is C16H30N2O4S.